The van der Waals surface area contributed by atoms with Crippen LogP contribution in [0.3, 0.4) is 0 Å². The lowest BCUT2D eigenvalue weighted by Gasteiger charge is -2.35. The number of sulfonamides is 1. The Kier molecular flexibility index (Phi) is 35.5. The number of rotatable bonds is 28. The van der Waals surface area contributed by atoms with Gasteiger partial charge in [0.05, 0.1) is 38.4 Å². The zero-order valence-corrected chi connectivity index (χ0v) is 88.8. The number of fused-ring (bicyclic) bond motifs is 12. The summed E-state index contributed by atoms with van der Waals surface area (Å²) in [5, 5.41) is 38.1. The minimum absolute atomic E-state index is 0.0251. The van der Waals surface area contributed by atoms with E-state index in [2.05, 4.69) is 51.6 Å². The lowest BCUT2D eigenvalue weighted by Crippen LogP contribution is -2.42. The van der Waals surface area contributed by atoms with Gasteiger partial charge in [-0.3, -0.25) is 24.3 Å². The van der Waals surface area contributed by atoms with Crippen LogP contribution in [0.4, 0.5) is 24.9 Å². The van der Waals surface area contributed by atoms with Crippen LogP contribution in [0.2, 0.25) is 30.1 Å². The van der Waals surface area contributed by atoms with E-state index in [4.69, 9.17) is 103 Å². The van der Waals surface area contributed by atoms with Crippen LogP contribution in [-0.4, -0.2) is 230 Å². The number of ether oxygens (including phenoxy) is 7. The molecule has 150 heavy (non-hydrogen) atoms. The summed E-state index contributed by atoms with van der Waals surface area (Å²) >= 11 is 37.1. The number of halogens is 6. The SMILES string of the molecule is CCOC(=O)N1CCc2c([nH]c3ccc(Cl)cc23)C1c1ccc(OCC(O)Cn2ccnc2)cc1.CCOC(=O)N1CCc2c([nH]c3ccc(Cl)cc23)C1c1ccc(OCCCN2CCCCC2)cc1.CCS(=O)(=O)Nc1ccc(C2c3[nH]c4ccc(Cl)cc4c3CCN2C(=O)Oc2ccc(Cl)cc2)cc1.O=C(Oc1ccc(Cl)cc1)N1CCc2c([nH]c3ccc(Cl)cc23)C1c1ccc(OCC(O)CN2CCC(CCO)CC2)cc1. The highest BCUT2D eigenvalue weighted by Gasteiger charge is 2.42. The molecule has 0 aliphatic carbocycles. The van der Waals surface area contributed by atoms with Crippen LogP contribution in [0.15, 0.2) is 237 Å². The Balaban J connectivity index is 0.000000131. The largest absolute Gasteiger partial charge is 0.494 e. The minimum Gasteiger partial charge on any atom is -0.494 e. The van der Waals surface area contributed by atoms with Gasteiger partial charge in [-0.1, -0.05) is 125 Å². The van der Waals surface area contributed by atoms with E-state index in [1.54, 1.807) is 112 Å². The molecule has 4 amide bonds. The second-order valence-electron chi connectivity index (χ2n) is 38.1. The Morgan fingerprint density at radius 3 is 1.13 bits per heavy atom. The number of aromatic amines is 4. The molecule has 2 fully saturated rings. The third kappa shape index (κ3) is 26.0. The van der Waals surface area contributed by atoms with Crippen LogP contribution in [-0.2, 0) is 51.7 Å². The van der Waals surface area contributed by atoms with Crippen LogP contribution in [0, 0.1) is 5.92 Å². The fourth-order valence-corrected chi connectivity index (χ4v) is 22.5. The van der Waals surface area contributed by atoms with Crippen LogP contribution in [0.1, 0.15) is 157 Å². The number of hydrogen-bond acceptors (Lipinski definition) is 19. The number of benzene rings is 10. The predicted molar refractivity (Wildman–Crippen MR) is 587 cm³/mol. The van der Waals surface area contributed by atoms with Gasteiger partial charge < -0.3 is 82.8 Å². The van der Waals surface area contributed by atoms with E-state index in [0.717, 1.165) is 163 Å². The number of amides is 4. The monoisotopic (exact) mass is 2170 g/mol. The first-order valence-corrected chi connectivity index (χ1v) is 54.9. The summed E-state index contributed by atoms with van der Waals surface area (Å²) in [5.41, 5.74) is 16.4. The maximum absolute atomic E-state index is 13.5. The van der Waals surface area contributed by atoms with E-state index in [9.17, 15) is 42.9 Å². The van der Waals surface area contributed by atoms with Crippen LogP contribution >= 0.6 is 69.6 Å². The van der Waals surface area contributed by atoms with Crippen molar-refractivity contribution in [1.29, 1.82) is 0 Å². The normalized spacial score (nSPS) is 17.2. The number of carbonyl (C=O) groups excluding carboxylic acids is 4. The van der Waals surface area contributed by atoms with E-state index in [0.29, 0.717) is 143 Å². The molecule has 0 spiro atoms. The van der Waals surface area contributed by atoms with Gasteiger partial charge >= 0.3 is 24.4 Å². The molecular weight excluding hydrogens is 2050 g/mol. The zero-order chi connectivity index (χ0) is 105. The summed E-state index contributed by atoms with van der Waals surface area (Å²) < 4.78 is 68.3. The Morgan fingerprint density at radius 2 is 0.773 bits per heavy atom. The lowest BCUT2D eigenvalue weighted by molar-refractivity contribution is 0.0528. The summed E-state index contributed by atoms with van der Waals surface area (Å²) in [4.78, 5) is 82.5. The summed E-state index contributed by atoms with van der Waals surface area (Å²) in [5.74, 6) is 3.49. The van der Waals surface area contributed by atoms with Gasteiger partial charge in [0.15, 0.2) is 0 Å². The number of aliphatic hydroxyl groups excluding tert-OH is 3. The minimum atomic E-state index is -3.40. The summed E-state index contributed by atoms with van der Waals surface area (Å²) in [6, 6.07) is 65.4. The smallest absolute Gasteiger partial charge is 0.416 e. The summed E-state index contributed by atoms with van der Waals surface area (Å²) in [7, 11) is -3.40. The molecule has 29 nitrogen and oxygen atoms in total. The fraction of sp³-hybridized carbons (Fsp3) is 0.342. The highest BCUT2D eigenvalue weighted by Crippen LogP contribution is 2.47. The maximum Gasteiger partial charge on any atom is 0.416 e. The third-order valence-corrected chi connectivity index (χ3v) is 31.0. The summed E-state index contributed by atoms with van der Waals surface area (Å²) in [6.07, 6.45) is 13.0. The number of nitrogens with one attached hydrogen (secondary N) is 5. The van der Waals surface area contributed by atoms with E-state index in [1.807, 2.05) is 157 Å². The molecule has 6 unspecified atom stereocenters. The number of H-pyrrole nitrogens is 4. The number of hydrogen-bond donors (Lipinski definition) is 8. The Labute approximate surface area is 900 Å². The number of anilines is 1. The fourth-order valence-electron chi connectivity index (χ4n) is 20.9. The van der Waals surface area contributed by atoms with Crippen molar-refractivity contribution in [2.24, 2.45) is 5.92 Å². The lowest BCUT2D eigenvalue weighted by atomic mass is 9.92. The Morgan fingerprint density at radius 1 is 0.420 bits per heavy atom. The number of aromatic nitrogens is 6. The molecule has 0 radical (unpaired) electrons. The maximum atomic E-state index is 13.5. The molecule has 21 rings (SSSR count). The molecular formula is C114H121Cl6N13O16S. The molecule has 2 saturated heterocycles. The quantitative estimate of drug-likeness (QED) is 0.0211. The van der Waals surface area contributed by atoms with Crippen molar-refractivity contribution >= 4 is 153 Å². The van der Waals surface area contributed by atoms with E-state index in [-0.39, 0.29) is 49.8 Å². The number of β-amino-alcohol motifs (C(OH)–C–C–N with tert-alkyl or cyclic N) is 1. The first kappa shape index (κ1) is 107. The van der Waals surface area contributed by atoms with E-state index >= 15 is 0 Å². The van der Waals surface area contributed by atoms with Crippen molar-refractivity contribution in [3.05, 3.63) is 335 Å². The van der Waals surface area contributed by atoms with Crippen molar-refractivity contribution < 1.29 is 76.1 Å². The van der Waals surface area contributed by atoms with E-state index < -0.39 is 46.5 Å². The second-order valence-corrected chi connectivity index (χ2v) is 42.8. The van der Waals surface area contributed by atoms with Gasteiger partial charge in [0.2, 0.25) is 10.0 Å². The Bertz CT molecular complexity index is 7270. The molecule has 6 aliphatic rings. The highest BCUT2D eigenvalue weighted by molar-refractivity contribution is 7.92. The van der Waals surface area contributed by atoms with Gasteiger partial charge in [-0.25, -0.2) is 32.6 Å². The molecule has 6 aliphatic heterocycles. The van der Waals surface area contributed by atoms with Gasteiger partial charge in [0.25, 0.3) is 0 Å². The topological polar surface area (TPSA) is 340 Å². The number of aliphatic hydroxyl groups is 3. The molecule has 0 bridgehead atoms. The van der Waals surface area contributed by atoms with Crippen molar-refractivity contribution in [1.82, 2.24) is 58.9 Å². The molecule has 5 aromatic heterocycles. The van der Waals surface area contributed by atoms with Crippen molar-refractivity contribution in [3.63, 3.8) is 0 Å². The molecule has 6 atom stereocenters. The van der Waals surface area contributed by atoms with Gasteiger partial charge in [-0.2, -0.15) is 0 Å². The van der Waals surface area contributed by atoms with Crippen molar-refractivity contribution in [3.8, 4) is 28.7 Å². The Hall–Kier alpha value is -12.7. The standard InChI is InChI=1S/C34H37Cl2N3O5.C28H34ClN3O3.C26H23Cl2N3O4S.C26H27ClN4O4/c35-24-3-8-28(9-4-24)44-34(42)39-17-13-29-30-19-25(36)5-10-31(30)37-32(29)33(39)23-1-6-27(7-2-23)43-21-26(41)20-38-15-11-22(12-16-38)14-18-40;1-2-34-28(33)32-17-13-23-24-19-21(29)9-12-25(24)30-26(23)27(32)20-7-10-22(11-8-20)35-18-6-16-31-14-4-3-5-15-31;1-2-36(33,34)30-19-8-3-16(4-9-19)25-24-21(22-15-18(28)7-12-23(22)29-24)13-14-31(25)26(32)35-20-10-5-17(27)6-11-20;1-2-34-26(33)31-11-9-21-22-13-18(27)5-8-23(22)29-24(21)25(31)17-3-6-20(7-4-17)35-15-19(32)14-30-12-10-28-16-30/h1-10,19,22,26,33,37,40-41H,11-18,20-21H2;7-12,19,27,30H,2-6,13-18H2,1H3;3-12,15,25,29-30H,2,13-14H2,1H3;3-8,10,12-13,16,19,25,29,32H,2,9,11,14-15H2,1H3. The van der Waals surface area contributed by atoms with E-state index in [1.165, 1.54) is 37.9 Å². The number of nitrogens with zero attached hydrogens (tertiary/aromatic N) is 8. The zero-order valence-electron chi connectivity index (χ0n) is 83.5. The molecule has 786 valence electrons. The summed E-state index contributed by atoms with van der Waals surface area (Å²) in [6.45, 7) is 15.5. The van der Waals surface area contributed by atoms with Crippen LogP contribution < -0.4 is 28.4 Å². The average Bonchev–Trinajstić information content (AvgIpc) is 1.61. The van der Waals surface area contributed by atoms with Gasteiger partial charge in [0, 0.05) is 160 Å². The first-order valence-electron chi connectivity index (χ1n) is 51.0. The average molecular weight is 2170 g/mol. The molecule has 0 saturated carbocycles. The van der Waals surface area contributed by atoms with Crippen molar-refractivity contribution in [2.45, 2.75) is 134 Å². The number of carbonyl (C=O) groups is 4. The molecule has 36 heteroatoms. The van der Waals surface area contributed by atoms with Crippen LogP contribution in [0.5, 0.6) is 28.7 Å². The highest BCUT2D eigenvalue weighted by atomic mass is 35.5. The number of imidazole rings is 1. The van der Waals surface area contributed by atoms with Gasteiger partial charge in [-0.15, -0.1) is 0 Å². The number of likely N-dealkylation sites (tertiary alicyclic amines) is 2. The first-order chi connectivity index (χ1) is 72.8. The van der Waals surface area contributed by atoms with Crippen molar-refractivity contribution in [2.75, 3.05) is 116 Å². The molecule has 15 aromatic rings. The molecule has 10 aromatic carbocycles. The third-order valence-electron chi connectivity index (χ3n) is 28.2. The van der Waals surface area contributed by atoms with Crippen LogP contribution in [0.25, 0.3) is 43.6 Å². The number of piperidine rings is 2. The molecule has 8 N–H and O–H groups in total. The molecule has 11 heterocycles. The second kappa shape index (κ2) is 49.6. The van der Waals surface area contributed by atoms with Gasteiger partial charge in [0.1, 0.15) is 78.3 Å². The van der Waals surface area contributed by atoms with Gasteiger partial charge in [-0.05, 0) is 331 Å². The predicted octanol–water partition coefficient (Wildman–Crippen LogP) is 23.6.